The quantitative estimate of drug-likeness (QED) is 0.447. The van der Waals surface area contributed by atoms with Crippen LogP contribution in [0.4, 0.5) is 0 Å². The molecule has 0 saturated carbocycles. The van der Waals surface area contributed by atoms with E-state index in [1.54, 1.807) is 0 Å². The van der Waals surface area contributed by atoms with Gasteiger partial charge in [-0.3, -0.25) is 4.79 Å². The van der Waals surface area contributed by atoms with Gasteiger partial charge in [0.25, 0.3) is 0 Å². The third kappa shape index (κ3) is 6.50. The number of ether oxygens (including phenoxy) is 2. The molecule has 6 heteroatoms. The van der Waals surface area contributed by atoms with Crippen molar-refractivity contribution in [1.82, 2.24) is 5.32 Å². The first-order chi connectivity index (χ1) is 7.13. The number of carbonyl (C=O) groups excluding carboxylic acids is 2. The minimum atomic E-state index is -0.570. The number of esters is 2. The third-order valence-electron chi connectivity index (χ3n) is 1.52. The van der Waals surface area contributed by atoms with E-state index < -0.39 is 11.9 Å². The maximum atomic E-state index is 10.9. The molecule has 0 aromatic carbocycles. The predicted molar refractivity (Wildman–Crippen MR) is 51.8 cm³/mol. The zero-order chi connectivity index (χ0) is 11.7. The number of nitrogens with one attached hydrogen (secondary N) is 1. The average Bonchev–Trinajstić information content (AvgIpc) is 2.25. The lowest BCUT2D eigenvalue weighted by molar-refractivity contribution is -0.139. The number of carbonyl (C=O) groups is 2. The standard InChI is InChI=1S/C9H15NO5/c1-14-8(12)5-7(10-3-4-11)6-9(13)15-2/h5,10-11H,3-4,6H2,1-2H3. The van der Waals surface area contributed by atoms with Gasteiger partial charge < -0.3 is 19.9 Å². The molecule has 0 bridgehead atoms. The molecule has 86 valence electrons. The summed E-state index contributed by atoms with van der Waals surface area (Å²) in [7, 11) is 2.49. The highest BCUT2D eigenvalue weighted by Crippen LogP contribution is 1.99. The van der Waals surface area contributed by atoms with Crippen molar-refractivity contribution in [1.29, 1.82) is 0 Å². The van der Waals surface area contributed by atoms with E-state index in [0.717, 1.165) is 6.08 Å². The topological polar surface area (TPSA) is 84.9 Å². The number of hydrogen-bond donors (Lipinski definition) is 2. The van der Waals surface area contributed by atoms with Crippen molar-refractivity contribution in [3.05, 3.63) is 11.8 Å². The molecule has 0 heterocycles. The van der Waals surface area contributed by atoms with Crippen LogP contribution in [0.3, 0.4) is 0 Å². The van der Waals surface area contributed by atoms with Crippen molar-refractivity contribution >= 4 is 11.9 Å². The summed E-state index contributed by atoms with van der Waals surface area (Å²) in [4.78, 5) is 21.8. The molecular weight excluding hydrogens is 202 g/mol. The first kappa shape index (κ1) is 13.4. The summed E-state index contributed by atoms with van der Waals surface area (Å²) in [6, 6.07) is 0. The Morgan fingerprint density at radius 2 is 2.00 bits per heavy atom. The molecule has 0 aromatic heterocycles. The third-order valence-corrected chi connectivity index (χ3v) is 1.52. The minimum Gasteiger partial charge on any atom is -0.469 e. The van der Waals surface area contributed by atoms with E-state index in [0.29, 0.717) is 5.70 Å². The molecule has 0 spiro atoms. The molecular formula is C9H15NO5. The lowest BCUT2D eigenvalue weighted by Gasteiger charge is -2.08. The van der Waals surface area contributed by atoms with Gasteiger partial charge in [-0.1, -0.05) is 0 Å². The van der Waals surface area contributed by atoms with E-state index in [1.807, 2.05) is 0 Å². The van der Waals surface area contributed by atoms with Crippen LogP contribution in [0.2, 0.25) is 0 Å². The highest BCUT2D eigenvalue weighted by Gasteiger charge is 2.07. The van der Waals surface area contributed by atoms with Crippen LogP contribution in [0.1, 0.15) is 6.42 Å². The van der Waals surface area contributed by atoms with Gasteiger partial charge in [0.2, 0.25) is 0 Å². The minimum absolute atomic E-state index is 0.0639. The Morgan fingerprint density at radius 3 is 2.47 bits per heavy atom. The van der Waals surface area contributed by atoms with Crippen LogP contribution in [0, 0.1) is 0 Å². The molecule has 0 aliphatic carbocycles. The van der Waals surface area contributed by atoms with Crippen LogP contribution in [0.25, 0.3) is 0 Å². The fourth-order valence-electron chi connectivity index (χ4n) is 0.810. The van der Waals surface area contributed by atoms with E-state index in [2.05, 4.69) is 14.8 Å². The number of aliphatic hydroxyl groups excluding tert-OH is 1. The zero-order valence-corrected chi connectivity index (χ0v) is 8.78. The normalized spacial score (nSPS) is 10.7. The molecule has 0 aliphatic rings. The molecule has 15 heavy (non-hydrogen) atoms. The van der Waals surface area contributed by atoms with Gasteiger partial charge in [-0.2, -0.15) is 0 Å². The molecule has 0 radical (unpaired) electrons. The zero-order valence-electron chi connectivity index (χ0n) is 8.78. The summed E-state index contributed by atoms with van der Waals surface area (Å²) >= 11 is 0. The number of rotatable bonds is 6. The number of hydrogen-bond acceptors (Lipinski definition) is 6. The van der Waals surface area contributed by atoms with Gasteiger partial charge in [-0.05, 0) is 0 Å². The summed E-state index contributed by atoms with van der Waals surface area (Å²) in [6.07, 6.45) is 1.08. The van der Waals surface area contributed by atoms with E-state index >= 15 is 0 Å². The summed E-state index contributed by atoms with van der Waals surface area (Å²) in [5.41, 5.74) is 0.350. The van der Waals surface area contributed by atoms with Crippen molar-refractivity contribution in [2.45, 2.75) is 6.42 Å². The second-order valence-corrected chi connectivity index (χ2v) is 2.60. The van der Waals surface area contributed by atoms with Crippen LogP contribution < -0.4 is 5.32 Å². The van der Waals surface area contributed by atoms with Gasteiger partial charge in [0, 0.05) is 18.3 Å². The fourth-order valence-corrected chi connectivity index (χ4v) is 0.810. The van der Waals surface area contributed by atoms with Gasteiger partial charge in [0.1, 0.15) is 0 Å². The lowest BCUT2D eigenvalue weighted by atomic mass is 10.3. The van der Waals surface area contributed by atoms with E-state index in [9.17, 15) is 9.59 Å². The summed E-state index contributed by atoms with van der Waals surface area (Å²) in [6.45, 7) is 0.152. The van der Waals surface area contributed by atoms with Gasteiger partial charge in [-0.15, -0.1) is 0 Å². The highest BCUT2D eigenvalue weighted by molar-refractivity contribution is 5.84. The molecule has 0 atom stereocenters. The maximum Gasteiger partial charge on any atom is 0.332 e. The van der Waals surface area contributed by atoms with Crippen LogP contribution >= 0.6 is 0 Å². The second-order valence-electron chi connectivity index (χ2n) is 2.60. The van der Waals surface area contributed by atoms with Gasteiger partial charge >= 0.3 is 11.9 Å². The van der Waals surface area contributed by atoms with Crippen molar-refractivity contribution in [3.8, 4) is 0 Å². The predicted octanol–water partition coefficient (Wildman–Crippen LogP) is -0.812. The Morgan fingerprint density at radius 1 is 1.33 bits per heavy atom. The molecule has 0 fully saturated rings. The highest BCUT2D eigenvalue weighted by atomic mass is 16.5. The molecule has 0 amide bonds. The van der Waals surface area contributed by atoms with Gasteiger partial charge in [0.15, 0.2) is 0 Å². The Kier molecular flexibility index (Phi) is 7.00. The number of aliphatic hydroxyl groups is 1. The molecule has 2 N–H and O–H groups in total. The van der Waals surface area contributed by atoms with E-state index in [1.165, 1.54) is 14.2 Å². The van der Waals surface area contributed by atoms with E-state index in [-0.39, 0.29) is 19.6 Å². The average molecular weight is 217 g/mol. The molecule has 6 nitrogen and oxygen atoms in total. The maximum absolute atomic E-state index is 10.9. The molecule has 0 rings (SSSR count). The largest absolute Gasteiger partial charge is 0.469 e. The Hall–Kier alpha value is -1.56. The van der Waals surface area contributed by atoms with Crippen molar-refractivity contribution in [2.24, 2.45) is 0 Å². The molecule has 0 unspecified atom stereocenters. The summed E-state index contributed by atoms with van der Waals surface area (Å²) in [5.74, 6) is -1.05. The summed E-state index contributed by atoms with van der Waals surface area (Å²) in [5, 5.41) is 11.3. The van der Waals surface area contributed by atoms with Crippen LogP contribution in [0.5, 0.6) is 0 Å². The first-order valence-corrected chi connectivity index (χ1v) is 4.34. The SMILES string of the molecule is COC(=O)C=C(CC(=O)OC)NCCO. The van der Waals surface area contributed by atoms with Crippen molar-refractivity contribution in [2.75, 3.05) is 27.4 Å². The van der Waals surface area contributed by atoms with Crippen LogP contribution in [-0.4, -0.2) is 44.4 Å². The molecule has 0 saturated heterocycles. The monoisotopic (exact) mass is 217 g/mol. The Labute approximate surface area is 87.9 Å². The van der Waals surface area contributed by atoms with Crippen LogP contribution in [0.15, 0.2) is 11.8 Å². The molecule has 0 aliphatic heterocycles. The van der Waals surface area contributed by atoms with Crippen molar-refractivity contribution in [3.63, 3.8) is 0 Å². The van der Waals surface area contributed by atoms with E-state index in [4.69, 9.17) is 5.11 Å². The summed E-state index contributed by atoms with van der Waals surface area (Å²) < 4.78 is 8.85. The van der Waals surface area contributed by atoms with Crippen molar-refractivity contribution < 1.29 is 24.2 Å². The van der Waals surface area contributed by atoms with Crippen LogP contribution in [-0.2, 0) is 19.1 Å². The Bertz CT molecular complexity index is 249. The number of methoxy groups -OCH3 is 2. The first-order valence-electron chi connectivity index (χ1n) is 4.34. The smallest absolute Gasteiger partial charge is 0.332 e. The lowest BCUT2D eigenvalue weighted by Crippen LogP contribution is -2.21. The Balaban J connectivity index is 4.35. The van der Waals surface area contributed by atoms with Gasteiger partial charge in [0.05, 0.1) is 27.2 Å². The van der Waals surface area contributed by atoms with Gasteiger partial charge in [-0.25, -0.2) is 4.79 Å². The molecule has 0 aromatic rings. The second kappa shape index (κ2) is 7.81. The fraction of sp³-hybridized carbons (Fsp3) is 0.556.